The highest BCUT2D eigenvalue weighted by atomic mass is 32.2. The summed E-state index contributed by atoms with van der Waals surface area (Å²) in [6.45, 7) is 4.71. The van der Waals surface area contributed by atoms with E-state index in [2.05, 4.69) is 22.3 Å². The second-order valence-electron chi connectivity index (χ2n) is 6.03. The number of hydrogen-bond donors (Lipinski definition) is 1. The Morgan fingerprint density at radius 2 is 2.08 bits per heavy atom. The fourth-order valence-electron chi connectivity index (χ4n) is 2.58. The predicted molar refractivity (Wildman–Crippen MR) is 102 cm³/mol. The van der Waals surface area contributed by atoms with Crippen molar-refractivity contribution < 1.29 is 9.18 Å². The molecule has 5 nitrogen and oxygen atoms in total. The van der Waals surface area contributed by atoms with Crippen molar-refractivity contribution in [3.05, 3.63) is 48.0 Å². The fraction of sp³-hybridized carbons (Fsp3) is 0.316. The SMILES string of the molecule is CCCCNC(=O)CSc1cc(C)nc2c(-c3ccc(F)cc3)cnn12. The molecule has 0 atom stereocenters. The van der Waals surface area contributed by atoms with E-state index in [0.717, 1.165) is 34.7 Å². The van der Waals surface area contributed by atoms with E-state index in [4.69, 9.17) is 0 Å². The van der Waals surface area contributed by atoms with Crippen molar-refractivity contribution in [2.75, 3.05) is 12.3 Å². The van der Waals surface area contributed by atoms with Crippen molar-refractivity contribution in [3.63, 3.8) is 0 Å². The van der Waals surface area contributed by atoms with Crippen molar-refractivity contribution in [1.29, 1.82) is 0 Å². The lowest BCUT2D eigenvalue weighted by Crippen LogP contribution is -2.26. The average molecular weight is 372 g/mol. The van der Waals surface area contributed by atoms with E-state index in [1.807, 2.05) is 13.0 Å². The second kappa shape index (κ2) is 8.31. The lowest BCUT2D eigenvalue weighted by atomic mass is 10.1. The lowest BCUT2D eigenvalue weighted by molar-refractivity contribution is -0.118. The number of carbonyl (C=O) groups is 1. The van der Waals surface area contributed by atoms with Crippen LogP contribution < -0.4 is 5.32 Å². The summed E-state index contributed by atoms with van der Waals surface area (Å²) in [6, 6.07) is 8.18. The minimum atomic E-state index is -0.278. The van der Waals surface area contributed by atoms with E-state index in [1.165, 1.54) is 23.9 Å². The van der Waals surface area contributed by atoms with Crippen LogP contribution in [0.5, 0.6) is 0 Å². The zero-order valence-electron chi connectivity index (χ0n) is 14.8. The molecule has 1 aromatic carbocycles. The molecule has 3 aromatic rings. The topological polar surface area (TPSA) is 59.3 Å². The number of rotatable bonds is 7. The number of thioether (sulfide) groups is 1. The molecular weight excluding hydrogens is 351 g/mol. The molecule has 0 saturated heterocycles. The molecule has 7 heteroatoms. The first kappa shape index (κ1) is 18.4. The number of aryl methyl sites for hydroxylation is 1. The second-order valence-corrected chi connectivity index (χ2v) is 7.02. The number of fused-ring (bicyclic) bond motifs is 1. The third-order valence-electron chi connectivity index (χ3n) is 3.93. The van der Waals surface area contributed by atoms with Gasteiger partial charge in [-0.25, -0.2) is 13.9 Å². The monoisotopic (exact) mass is 372 g/mol. The number of carbonyl (C=O) groups excluding carboxylic acids is 1. The number of benzene rings is 1. The van der Waals surface area contributed by atoms with Gasteiger partial charge in [-0.05, 0) is 37.1 Å². The summed E-state index contributed by atoms with van der Waals surface area (Å²) in [7, 11) is 0. The van der Waals surface area contributed by atoms with Crippen molar-refractivity contribution >= 4 is 23.3 Å². The highest BCUT2D eigenvalue weighted by Crippen LogP contribution is 2.27. The first-order valence-electron chi connectivity index (χ1n) is 8.59. The molecule has 0 radical (unpaired) electrons. The van der Waals surface area contributed by atoms with Crippen LogP contribution in [0.4, 0.5) is 4.39 Å². The third kappa shape index (κ3) is 4.22. The molecule has 26 heavy (non-hydrogen) atoms. The Labute approximate surface area is 156 Å². The molecule has 0 unspecified atom stereocenters. The van der Waals surface area contributed by atoms with Gasteiger partial charge in [-0.15, -0.1) is 0 Å². The molecule has 0 aliphatic heterocycles. The molecule has 1 N–H and O–H groups in total. The Morgan fingerprint density at radius 1 is 1.31 bits per heavy atom. The summed E-state index contributed by atoms with van der Waals surface area (Å²) < 4.78 is 14.9. The average Bonchev–Trinajstić information content (AvgIpc) is 3.04. The van der Waals surface area contributed by atoms with Gasteiger partial charge < -0.3 is 5.32 Å². The Balaban J connectivity index is 1.83. The Morgan fingerprint density at radius 3 is 2.81 bits per heavy atom. The van der Waals surface area contributed by atoms with Gasteiger partial charge >= 0.3 is 0 Å². The summed E-state index contributed by atoms with van der Waals surface area (Å²) in [6.07, 6.45) is 3.76. The summed E-state index contributed by atoms with van der Waals surface area (Å²) >= 11 is 1.43. The van der Waals surface area contributed by atoms with Crippen molar-refractivity contribution in [2.24, 2.45) is 0 Å². The minimum absolute atomic E-state index is 0.0111. The van der Waals surface area contributed by atoms with Gasteiger partial charge in [0.2, 0.25) is 5.91 Å². The van der Waals surface area contributed by atoms with Gasteiger partial charge in [0.1, 0.15) is 10.8 Å². The van der Waals surface area contributed by atoms with Gasteiger partial charge in [0.05, 0.1) is 11.9 Å². The quantitative estimate of drug-likeness (QED) is 0.389. The molecule has 0 spiro atoms. The Kier molecular flexibility index (Phi) is 5.88. The first-order valence-corrected chi connectivity index (χ1v) is 9.58. The maximum absolute atomic E-state index is 13.2. The fourth-order valence-corrected chi connectivity index (χ4v) is 3.47. The third-order valence-corrected chi connectivity index (χ3v) is 4.92. The first-order chi connectivity index (χ1) is 12.6. The van der Waals surface area contributed by atoms with Crippen LogP contribution in [0, 0.1) is 12.7 Å². The molecule has 0 saturated carbocycles. The number of halogens is 1. The van der Waals surface area contributed by atoms with E-state index in [-0.39, 0.29) is 11.7 Å². The molecule has 1 amide bonds. The van der Waals surface area contributed by atoms with Crippen LogP contribution in [0.15, 0.2) is 41.6 Å². The number of hydrogen-bond acceptors (Lipinski definition) is 4. The highest BCUT2D eigenvalue weighted by molar-refractivity contribution is 7.99. The summed E-state index contributed by atoms with van der Waals surface area (Å²) in [5.41, 5.74) is 3.23. The highest BCUT2D eigenvalue weighted by Gasteiger charge is 2.13. The number of aromatic nitrogens is 3. The van der Waals surface area contributed by atoms with Crippen LogP contribution in [0.3, 0.4) is 0 Å². The van der Waals surface area contributed by atoms with E-state index < -0.39 is 0 Å². The zero-order chi connectivity index (χ0) is 18.5. The molecule has 136 valence electrons. The molecule has 2 aromatic heterocycles. The van der Waals surface area contributed by atoms with Gasteiger partial charge in [-0.3, -0.25) is 4.79 Å². The molecule has 0 bridgehead atoms. The Hall–Kier alpha value is -2.41. The molecule has 2 heterocycles. The van der Waals surface area contributed by atoms with Gasteiger partial charge in [0.15, 0.2) is 5.65 Å². The predicted octanol–water partition coefficient (Wildman–Crippen LogP) is 3.85. The zero-order valence-corrected chi connectivity index (χ0v) is 15.6. The summed E-state index contributed by atoms with van der Waals surface area (Å²) in [4.78, 5) is 16.5. The molecular formula is C19H21FN4OS. The van der Waals surface area contributed by atoms with E-state index in [1.54, 1.807) is 22.8 Å². The van der Waals surface area contributed by atoms with Crippen LogP contribution in [0.2, 0.25) is 0 Å². The van der Waals surface area contributed by atoms with Gasteiger partial charge in [0, 0.05) is 17.8 Å². The van der Waals surface area contributed by atoms with E-state index in [9.17, 15) is 9.18 Å². The molecule has 0 aliphatic carbocycles. The van der Waals surface area contributed by atoms with Crippen LogP contribution in [-0.4, -0.2) is 32.8 Å². The molecule has 0 fully saturated rings. The van der Waals surface area contributed by atoms with Crippen LogP contribution in [-0.2, 0) is 4.79 Å². The maximum Gasteiger partial charge on any atom is 0.230 e. The largest absolute Gasteiger partial charge is 0.355 e. The normalized spacial score (nSPS) is 11.0. The molecule has 3 rings (SSSR count). The van der Waals surface area contributed by atoms with Crippen molar-refractivity contribution in [2.45, 2.75) is 31.7 Å². The smallest absolute Gasteiger partial charge is 0.230 e. The standard InChI is InChI=1S/C19H21FN4OS/c1-3-4-9-21-17(25)12-26-18-10-13(2)23-19-16(11-22-24(18)19)14-5-7-15(20)8-6-14/h5-8,10-11H,3-4,9,12H2,1-2H3,(H,21,25). The van der Waals surface area contributed by atoms with Crippen molar-refractivity contribution in [3.8, 4) is 11.1 Å². The van der Waals surface area contributed by atoms with Crippen LogP contribution in [0.25, 0.3) is 16.8 Å². The summed E-state index contributed by atoms with van der Waals surface area (Å²) in [5.74, 6) is 0.0604. The van der Waals surface area contributed by atoms with Gasteiger partial charge in [-0.1, -0.05) is 37.2 Å². The lowest BCUT2D eigenvalue weighted by Gasteiger charge is -2.07. The van der Waals surface area contributed by atoms with Crippen LogP contribution in [0.1, 0.15) is 25.5 Å². The minimum Gasteiger partial charge on any atom is -0.355 e. The maximum atomic E-state index is 13.2. The number of nitrogens with one attached hydrogen (secondary N) is 1. The summed E-state index contributed by atoms with van der Waals surface area (Å²) in [5, 5.41) is 8.19. The van der Waals surface area contributed by atoms with E-state index in [0.29, 0.717) is 17.9 Å². The van der Waals surface area contributed by atoms with Gasteiger partial charge in [-0.2, -0.15) is 5.10 Å². The molecule has 0 aliphatic rings. The van der Waals surface area contributed by atoms with Crippen molar-refractivity contribution in [1.82, 2.24) is 19.9 Å². The number of unbranched alkanes of at least 4 members (excludes halogenated alkanes) is 1. The Bertz CT molecular complexity index is 908. The van der Waals surface area contributed by atoms with E-state index >= 15 is 0 Å². The van der Waals surface area contributed by atoms with Gasteiger partial charge in [0.25, 0.3) is 0 Å². The number of amides is 1. The number of nitrogens with zero attached hydrogens (tertiary/aromatic N) is 3. The van der Waals surface area contributed by atoms with Crippen LogP contribution >= 0.6 is 11.8 Å².